The number of benzene rings is 1. The minimum Gasteiger partial charge on any atom is -0.494 e. The summed E-state index contributed by atoms with van der Waals surface area (Å²) in [4.78, 5) is 0. The Morgan fingerprint density at radius 1 is 1.29 bits per heavy atom. The number of rotatable bonds is 6. The average Bonchev–Trinajstić information content (AvgIpc) is 3.03. The van der Waals surface area contributed by atoms with E-state index in [0.29, 0.717) is 18.1 Å². The normalized spacial score (nSPS) is 24.4. The summed E-state index contributed by atoms with van der Waals surface area (Å²) in [5.41, 5.74) is 1.37. The van der Waals surface area contributed by atoms with Crippen molar-refractivity contribution < 1.29 is 9.47 Å². The van der Waals surface area contributed by atoms with Crippen molar-refractivity contribution in [1.29, 1.82) is 0 Å². The second kappa shape index (κ2) is 5.54. The summed E-state index contributed by atoms with van der Waals surface area (Å²) in [5, 5.41) is 0. The standard InChI is InChI=1S/C15H22O2/c1-4-9-16-14-7-5-13(6-8-14)11(2)10-15-12(3)17-15/h5-8,11-12,15H,4,9-10H2,1-3H3. The summed E-state index contributed by atoms with van der Waals surface area (Å²) in [6.07, 6.45) is 3.11. The van der Waals surface area contributed by atoms with Crippen LogP contribution in [0.3, 0.4) is 0 Å². The van der Waals surface area contributed by atoms with Gasteiger partial charge in [0.1, 0.15) is 5.75 Å². The molecule has 0 aliphatic carbocycles. The highest BCUT2D eigenvalue weighted by atomic mass is 16.6. The molecule has 2 rings (SSSR count). The Labute approximate surface area is 104 Å². The minimum absolute atomic E-state index is 0.463. The predicted octanol–water partition coefficient (Wildman–Crippen LogP) is 3.76. The third-order valence-electron chi connectivity index (χ3n) is 3.34. The quantitative estimate of drug-likeness (QED) is 0.699. The summed E-state index contributed by atoms with van der Waals surface area (Å²) in [6, 6.07) is 8.47. The second-order valence-corrected chi connectivity index (χ2v) is 4.93. The smallest absolute Gasteiger partial charge is 0.119 e. The molecule has 1 aliphatic heterocycles. The number of hydrogen-bond donors (Lipinski definition) is 0. The molecule has 0 aromatic heterocycles. The molecule has 17 heavy (non-hydrogen) atoms. The van der Waals surface area contributed by atoms with Gasteiger partial charge in [-0.05, 0) is 43.4 Å². The van der Waals surface area contributed by atoms with Crippen LogP contribution in [0.5, 0.6) is 5.75 Å². The molecule has 0 bridgehead atoms. The first-order chi connectivity index (χ1) is 8.20. The van der Waals surface area contributed by atoms with Crippen molar-refractivity contribution in [3.8, 4) is 5.75 Å². The lowest BCUT2D eigenvalue weighted by atomic mass is 9.95. The Bertz CT molecular complexity index is 344. The molecule has 3 unspecified atom stereocenters. The molecule has 1 fully saturated rings. The van der Waals surface area contributed by atoms with Gasteiger partial charge >= 0.3 is 0 Å². The number of epoxide rings is 1. The van der Waals surface area contributed by atoms with Gasteiger partial charge < -0.3 is 9.47 Å². The fourth-order valence-corrected chi connectivity index (χ4v) is 2.07. The van der Waals surface area contributed by atoms with Crippen LogP contribution in [0.4, 0.5) is 0 Å². The molecule has 0 N–H and O–H groups in total. The fraction of sp³-hybridized carbons (Fsp3) is 0.600. The maximum Gasteiger partial charge on any atom is 0.119 e. The molecule has 1 aromatic carbocycles. The summed E-state index contributed by atoms with van der Waals surface area (Å²) in [7, 11) is 0. The Balaban J connectivity index is 1.87. The summed E-state index contributed by atoms with van der Waals surface area (Å²) in [5.74, 6) is 1.53. The molecule has 1 saturated heterocycles. The maximum atomic E-state index is 5.58. The van der Waals surface area contributed by atoms with Crippen LogP contribution in [0.25, 0.3) is 0 Å². The predicted molar refractivity (Wildman–Crippen MR) is 69.6 cm³/mol. The van der Waals surface area contributed by atoms with Gasteiger partial charge in [-0.3, -0.25) is 0 Å². The molecule has 0 radical (unpaired) electrons. The van der Waals surface area contributed by atoms with Crippen molar-refractivity contribution in [3.63, 3.8) is 0 Å². The molecule has 2 heteroatoms. The highest BCUT2D eigenvalue weighted by Gasteiger charge is 2.35. The first kappa shape index (κ1) is 12.4. The molecule has 1 aliphatic rings. The van der Waals surface area contributed by atoms with Gasteiger partial charge in [0.05, 0.1) is 18.8 Å². The van der Waals surface area contributed by atoms with Crippen LogP contribution in [0, 0.1) is 0 Å². The van der Waals surface area contributed by atoms with E-state index < -0.39 is 0 Å². The van der Waals surface area contributed by atoms with Gasteiger partial charge in [0, 0.05) is 0 Å². The van der Waals surface area contributed by atoms with Gasteiger partial charge in [0.25, 0.3) is 0 Å². The Hall–Kier alpha value is -1.02. The molecule has 2 nitrogen and oxygen atoms in total. The van der Waals surface area contributed by atoms with Crippen molar-refractivity contribution in [2.45, 2.75) is 51.7 Å². The van der Waals surface area contributed by atoms with Gasteiger partial charge in [-0.25, -0.2) is 0 Å². The van der Waals surface area contributed by atoms with Gasteiger partial charge in [0.15, 0.2) is 0 Å². The summed E-state index contributed by atoms with van der Waals surface area (Å²) >= 11 is 0. The van der Waals surface area contributed by atoms with E-state index in [1.54, 1.807) is 0 Å². The van der Waals surface area contributed by atoms with E-state index >= 15 is 0 Å². The zero-order valence-corrected chi connectivity index (χ0v) is 11.0. The highest BCUT2D eigenvalue weighted by Crippen LogP contribution is 2.32. The summed E-state index contributed by atoms with van der Waals surface area (Å²) < 4.78 is 11.0. The van der Waals surface area contributed by atoms with E-state index in [1.807, 2.05) is 0 Å². The van der Waals surface area contributed by atoms with Crippen LogP contribution in [-0.2, 0) is 4.74 Å². The van der Waals surface area contributed by atoms with Gasteiger partial charge in [-0.1, -0.05) is 26.0 Å². The van der Waals surface area contributed by atoms with Crippen LogP contribution in [-0.4, -0.2) is 18.8 Å². The zero-order chi connectivity index (χ0) is 12.3. The van der Waals surface area contributed by atoms with E-state index in [0.717, 1.165) is 25.2 Å². The van der Waals surface area contributed by atoms with E-state index in [2.05, 4.69) is 45.0 Å². The van der Waals surface area contributed by atoms with Crippen molar-refractivity contribution >= 4 is 0 Å². The van der Waals surface area contributed by atoms with E-state index in [4.69, 9.17) is 9.47 Å². The molecular weight excluding hydrogens is 212 g/mol. The molecule has 1 aromatic rings. The fourth-order valence-electron chi connectivity index (χ4n) is 2.07. The molecule has 3 atom stereocenters. The van der Waals surface area contributed by atoms with E-state index in [-0.39, 0.29) is 0 Å². The summed E-state index contributed by atoms with van der Waals surface area (Å²) in [6.45, 7) is 7.31. The Morgan fingerprint density at radius 2 is 1.94 bits per heavy atom. The molecule has 1 heterocycles. The molecule has 0 amide bonds. The van der Waals surface area contributed by atoms with E-state index in [9.17, 15) is 0 Å². The van der Waals surface area contributed by atoms with Gasteiger partial charge in [-0.15, -0.1) is 0 Å². The lowest BCUT2D eigenvalue weighted by Crippen LogP contribution is -2.00. The third kappa shape index (κ3) is 3.47. The number of hydrogen-bond acceptors (Lipinski definition) is 2. The molecule has 94 valence electrons. The molecule has 0 spiro atoms. The lowest BCUT2D eigenvalue weighted by Gasteiger charge is -2.11. The average molecular weight is 234 g/mol. The maximum absolute atomic E-state index is 5.58. The van der Waals surface area contributed by atoms with E-state index in [1.165, 1.54) is 5.56 Å². The SMILES string of the molecule is CCCOc1ccc(C(C)CC2OC2C)cc1. The van der Waals surface area contributed by atoms with Crippen LogP contribution >= 0.6 is 0 Å². The van der Waals surface area contributed by atoms with Crippen molar-refractivity contribution in [2.24, 2.45) is 0 Å². The van der Waals surface area contributed by atoms with Crippen LogP contribution < -0.4 is 4.74 Å². The van der Waals surface area contributed by atoms with Crippen molar-refractivity contribution in [2.75, 3.05) is 6.61 Å². The van der Waals surface area contributed by atoms with Crippen molar-refractivity contribution in [1.82, 2.24) is 0 Å². The third-order valence-corrected chi connectivity index (χ3v) is 3.34. The van der Waals surface area contributed by atoms with Crippen LogP contribution in [0.1, 0.15) is 45.1 Å². The van der Waals surface area contributed by atoms with Crippen LogP contribution in [0.15, 0.2) is 24.3 Å². The molecular formula is C15H22O2. The monoisotopic (exact) mass is 234 g/mol. The second-order valence-electron chi connectivity index (χ2n) is 4.93. The highest BCUT2D eigenvalue weighted by molar-refractivity contribution is 5.29. The van der Waals surface area contributed by atoms with Crippen LogP contribution in [0.2, 0.25) is 0 Å². The van der Waals surface area contributed by atoms with Gasteiger partial charge in [-0.2, -0.15) is 0 Å². The first-order valence-corrected chi connectivity index (χ1v) is 6.59. The Morgan fingerprint density at radius 3 is 2.47 bits per heavy atom. The Kier molecular flexibility index (Phi) is 4.06. The zero-order valence-electron chi connectivity index (χ0n) is 11.0. The minimum atomic E-state index is 0.463. The van der Waals surface area contributed by atoms with Gasteiger partial charge in [0.2, 0.25) is 0 Å². The topological polar surface area (TPSA) is 21.8 Å². The number of ether oxygens (including phenoxy) is 2. The molecule has 0 saturated carbocycles. The van der Waals surface area contributed by atoms with Crippen molar-refractivity contribution in [3.05, 3.63) is 29.8 Å². The lowest BCUT2D eigenvalue weighted by molar-refractivity contribution is 0.317. The largest absolute Gasteiger partial charge is 0.494 e. The first-order valence-electron chi connectivity index (χ1n) is 6.59.